The van der Waals surface area contributed by atoms with Gasteiger partial charge in [0.25, 0.3) is 0 Å². The van der Waals surface area contributed by atoms with Gasteiger partial charge in [-0.2, -0.15) is 0 Å². The largest absolute Gasteiger partial charge is 0.480 e. The van der Waals surface area contributed by atoms with Gasteiger partial charge in [0.2, 0.25) is 0 Å². The molecule has 1 aliphatic rings. The molecule has 1 rings (SSSR count). The Labute approximate surface area is 101 Å². The third kappa shape index (κ3) is 5.04. The van der Waals surface area contributed by atoms with Crippen LogP contribution in [0, 0.1) is 5.92 Å². The van der Waals surface area contributed by atoms with Crippen molar-refractivity contribution >= 4 is 12.0 Å². The van der Waals surface area contributed by atoms with Crippen molar-refractivity contribution in [3.05, 3.63) is 0 Å². The molecule has 0 aromatic heterocycles. The number of carbonyl (C=O) groups is 2. The molecule has 1 fully saturated rings. The van der Waals surface area contributed by atoms with Crippen molar-refractivity contribution in [1.29, 1.82) is 0 Å². The second kappa shape index (κ2) is 7.11. The highest BCUT2D eigenvalue weighted by atomic mass is 16.5. The minimum absolute atomic E-state index is 0.249. The molecule has 2 amide bonds. The number of carbonyl (C=O) groups excluding carboxylic acids is 1. The molecule has 98 valence electrons. The molecule has 6 nitrogen and oxygen atoms in total. The van der Waals surface area contributed by atoms with E-state index in [4.69, 9.17) is 9.84 Å². The average molecular weight is 244 g/mol. The average Bonchev–Trinajstić information content (AvgIpc) is 2.77. The van der Waals surface area contributed by atoms with Crippen LogP contribution >= 0.6 is 0 Å². The first-order valence-electron chi connectivity index (χ1n) is 5.95. The molecule has 1 heterocycles. The fourth-order valence-corrected chi connectivity index (χ4v) is 1.77. The number of nitrogens with zero attached hydrogens (tertiary/aromatic N) is 1. The van der Waals surface area contributed by atoms with Crippen LogP contribution in [-0.4, -0.2) is 54.9 Å². The number of urea groups is 1. The van der Waals surface area contributed by atoms with Gasteiger partial charge >= 0.3 is 12.0 Å². The minimum Gasteiger partial charge on any atom is -0.480 e. The molecule has 1 saturated heterocycles. The lowest BCUT2D eigenvalue weighted by Crippen LogP contribution is -2.44. The van der Waals surface area contributed by atoms with Crippen LogP contribution in [0.1, 0.15) is 19.8 Å². The highest BCUT2D eigenvalue weighted by molar-refractivity contribution is 5.80. The third-order valence-corrected chi connectivity index (χ3v) is 2.67. The van der Waals surface area contributed by atoms with E-state index in [1.54, 1.807) is 0 Å². The van der Waals surface area contributed by atoms with Crippen LogP contribution in [0.4, 0.5) is 4.79 Å². The van der Waals surface area contributed by atoms with E-state index in [9.17, 15) is 9.59 Å². The van der Waals surface area contributed by atoms with Crippen molar-refractivity contribution < 1.29 is 19.4 Å². The number of rotatable bonds is 6. The third-order valence-electron chi connectivity index (χ3n) is 2.67. The Morgan fingerprint density at radius 3 is 2.82 bits per heavy atom. The fourth-order valence-electron chi connectivity index (χ4n) is 1.77. The number of hydrogen-bond donors (Lipinski definition) is 2. The number of aliphatic carboxylic acids is 1. The summed E-state index contributed by atoms with van der Waals surface area (Å²) in [5.74, 6) is -0.634. The monoisotopic (exact) mass is 244 g/mol. The van der Waals surface area contributed by atoms with Crippen molar-refractivity contribution in [2.75, 3.05) is 32.8 Å². The fraction of sp³-hybridized carbons (Fsp3) is 0.818. The van der Waals surface area contributed by atoms with Crippen molar-refractivity contribution in [1.82, 2.24) is 10.2 Å². The van der Waals surface area contributed by atoms with Gasteiger partial charge < -0.3 is 20.1 Å². The van der Waals surface area contributed by atoms with E-state index in [-0.39, 0.29) is 12.6 Å². The first kappa shape index (κ1) is 13.8. The highest BCUT2D eigenvalue weighted by Gasteiger charge is 2.19. The zero-order valence-electron chi connectivity index (χ0n) is 10.1. The Morgan fingerprint density at radius 2 is 2.29 bits per heavy atom. The molecule has 6 heteroatoms. The highest BCUT2D eigenvalue weighted by Crippen LogP contribution is 2.10. The SMILES string of the molecule is CCCN(CC(=O)O)C(=O)NCC1CCOC1. The zero-order valence-corrected chi connectivity index (χ0v) is 10.1. The maximum absolute atomic E-state index is 11.7. The summed E-state index contributed by atoms with van der Waals surface area (Å²) in [6, 6.07) is -0.304. The second-order valence-corrected chi connectivity index (χ2v) is 4.23. The Balaban J connectivity index is 2.32. The summed E-state index contributed by atoms with van der Waals surface area (Å²) in [6.07, 6.45) is 1.69. The summed E-state index contributed by atoms with van der Waals surface area (Å²) in [5, 5.41) is 11.5. The summed E-state index contributed by atoms with van der Waals surface area (Å²) in [4.78, 5) is 23.7. The maximum Gasteiger partial charge on any atom is 0.323 e. The van der Waals surface area contributed by atoms with E-state index in [0.717, 1.165) is 19.4 Å². The quantitative estimate of drug-likeness (QED) is 0.714. The van der Waals surface area contributed by atoms with Gasteiger partial charge in [0.15, 0.2) is 0 Å². The van der Waals surface area contributed by atoms with Gasteiger partial charge in [-0.25, -0.2) is 4.79 Å². The predicted octanol–water partition coefficient (Wildman–Crippen LogP) is 0.529. The molecule has 0 radical (unpaired) electrons. The van der Waals surface area contributed by atoms with E-state index in [1.807, 2.05) is 6.92 Å². The van der Waals surface area contributed by atoms with E-state index in [1.165, 1.54) is 4.90 Å². The van der Waals surface area contributed by atoms with Crippen LogP contribution in [0.5, 0.6) is 0 Å². The van der Waals surface area contributed by atoms with Crippen LogP contribution in [0.25, 0.3) is 0 Å². The number of hydrogen-bond acceptors (Lipinski definition) is 3. The molecule has 0 aliphatic carbocycles. The molecule has 1 unspecified atom stereocenters. The molecule has 0 spiro atoms. The zero-order chi connectivity index (χ0) is 12.7. The molecular weight excluding hydrogens is 224 g/mol. The van der Waals surface area contributed by atoms with Crippen LogP contribution in [0.15, 0.2) is 0 Å². The smallest absolute Gasteiger partial charge is 0.323 e. The van der Waals surface area contributed by atoms with Crippen LogP contribution in [-0.2, 0) is 9.53 Å². The Morgan fingerprint density at radius 1 is 1.53 bits per heavy atom. The molecule has 1 atom stereocenters. The van der Waals surface area contributed by atoms with Gasteiger partial charge in [0.1, 0.15) is 6.54 Å². The number of ether oxygens (including phenoxy) is 1. The van der Waals surface area contributed by atoms with Gasteiger partial charge in [-0.3, -0.25) is 4.79 Å². The molecule has 0 aromatic carbocycles. The van der Waals surface area contributed by atoms with Crippen molar-refractivity contribution in [2.45, 2.75) is 19.8 Å². The lowest BCUT2D eigenvalue weighted by atomic mass is 10.1. The lowest BCUT2D eigenvalue weighted by Gasteiger charge is -2.21. The van der Waals surface area contributed by atoms with E-state index in [0.29, 0.717) is 25.6 Å². The van der Waals surface area contributed by atoms with E-state index >= 15 is 0 Å². The van der Waals surface area contributed by atoms with Crippen molar-refractivity contribution in [3.8, 4) is 0 Å². The van der Waals surface area contributed by atoms with Gasteiger partial charge in [-0.05, 0) is 12.8 Å². The lowest BCUT2D eigenvalue weighted by molar-refractivity contribution is -0.137. The molecule has 0 saturated carbocycles. The van der Waals surface area contributed by atoms with Gasteiger partial charge in [0.05, 0.1) is 6.61 Å². The molecule has 2 N–H and O–H groups in total. The standard InChI is InChI=1S/C11H20N2O4/c1-2-4-13(7-10(14)15)11(16)12-6-9-3-5-17-8-9/h9H,2-8H2,1H3,(H,12,16)(H,14,15). The number of amides is 2. The summed E-state index contributed by atoms with van der Waals surface area (Å²) in [7, 11) is 0. The number of carboxylic acids is 1. The van der Waals surface area contributed by atoms with Gasteiger partial charge in [-0.15, -0.1) is 0 Å². The second-order valence-electron chi connectivity index (χ2n) is 4.23. The Hall–Kier alpha value is -1.30. The van der Waals surface area contributed by atoms with E-state index < -0.39 is 5.97 Å². The van der Waals surface area contributed by atoms with Crippen LogP contribution in [0.2, 0.25) is 0 Å². The predicted molar refractivity (Wildman–Crippen MR) is 61.8 cm³/mol. The van der Waals surface area contributed by atoms with Crippen LogP contribution < -0.4 is 5.32 Å². The Kier molecular flexibility index (Phi) is 5.76. The summed E-state index contributed by atoms with van der Waals surface area (Å²) in [5.41, 5.74) is 0. The Bertz CT molecular complexity index is 264. The number of nitrogens with one attached hydrogen (secondary N) is 1. The van der Waals surface area contributed by atoms with Gasteiger partial charge in [-0.1, -0.05) is 6.92 Å². The van der Waals surface area contributed by atoms with Crippen molar-refractivity contribution in [2.24, 2.45) is 5.92 Å². The molecule has 17 heavy (non-hydrogen) atoms. The minimum atomic E-state index is -0.988. The van der Waals surface area contributed by atoms with Gasteiger partial charge in [0, 0.05) is 25.6 Å². The molecule has 0 bridgehead atoms. The summed E-state index contributed by atoms with van der Waals surface area (Å²) < 4.78 is 5.20. The van der Waals surface area contributed by atoms with E-state index in [2.05, 4.69) is 5.32 Å². The maximum atomic E-state index is 11.7. The molecular formula is C11H20N2O4. The summed E-state index contributed by atoms with van der Waals surface area (Å²) in [6.45, 7) is 4.09. The molecule has 0 aromatic rings. The first-order valence-corrected chi connectivity index (χ1v) is 5.95. The normalized spacial score (nSPS) is 19.0. The van der Waals surface area contributed by atoms with Crippen molar-refractivity contribution in [3.63, 3.8) is 0 Å². The number of carboxylic acid groups (broad SMARTS) is 1. The first-order chi connectivity index (χ1) is 8.13. The summed E-state index contributed by atoms with van der Waals surface area (Å²) >= 11 is 0. The topological polar surface area (TPSA) is 78.9 Å². The molecule has 1 aliphatic heterocycles. The van der Waals surface area contributed by atoms with Crippen LogP contribution in [0.3, 0.4) is 0 Å².